The number of ether oxygens (including phenoxy) is 1. The molecule has 1 aromatic carbocycles. The van der Waals surface area contributed by atoms with Crippen LogP contribution in [0, 0.1) is 5.92 Å². The number of benzene rings is 1. The number of rotatable bonds is 7. The second kappa shape index (κ2) is 7.85. The molecule has 2 aliphatic rings. The van der Waals surface area contributed by atoms with E-state index in [9.17, 15) is 13.2 Å². The van der Waals surface area contributed by atoms with E-state index in [1.807, 2.05) is 0 Å². The van der Waals surface area contributed by atoms with Gasteiger partial charge in [0, 0.05) is 25.6 Å². The molecular weight excluding hydrogens is 340 g/mol. The highest BCUT2D eigenvalue weighted by Gasteiger charge is 2.29. The van der Waals surface area contributed by atoms with Crippen molar-refractivity contribution in [1.29, 1.82) is 0 Å². The maximum Gasteiger partial charge on any atom is 0.243 e. The third kappa shape index (κ3) is 4.80. The Balaban J connectivity index is 1.53. The van der Waals surface area contributed by atoms with Gasteiger partial charge in [-0.3, -0.25) is 4.79 Å². The fourth-order valence-electron chi connectivity index (χ4n) is 3.06. The van der Waals surface area contributed by atoms with Crippen molar-refractivity contribution in [1.82, 2.24) is 9.62 Å². The van der Waals surface area contributed by atoms with Gasteiger partial charge in [0.2, 0.25) is 15.9 Å². The third-order valence-corrected chi connectivity index (χ3v) is 6.80. The molecule has 0 bridgehead atoms. The largest absolute Gasteiger partial charge is 0.379 e. The molecule has 0 radical (unpaired) electrons. The van der Waals surface area contributed by atoms with Crippen LogP contribution < -0.4 is 5.32 Å². The zero-order valence-corrected chi connectivity index (χ0v) is 15.4. The van der Waals surface area contributed by atoms with Crippen LogP contribution in [0.15, 0.2) is 29.2 Å². The Kier molecular flexibility index (Phi) is 5.76. The number of sulfonamides is 1. The van der Waals surface area contributed by atoms with Crippen molar-refractivity contribution >= 4 is 15.9 Å². The van der Waals surface area contributed by atoms with Crippen LogP contribution in [0.2, 0.25) is 0 Å². The zero-order chi connectivity index (χ0) is 17.9. The lowest BCUT2D eigenvalue weighted by Crippen LogP contribution is -2.40. The first kappa shape index (κ1) is 18.4. The van der Waals surface area contributed by atoms with Gasteiger partial charge in [-0.25, -0.2) is 8.42 Å². The zero-order valence-electron chi connectivity index (χ0n) is 14.6. The van der Waals surface area contributed by atoms with Crippen LogP contribution in [-0.2, 0) is 26.0 Å². The molecule has 1 aliphatic carbocycles. The number of amides is 1. The van der Waals surface area contributed by atoms with E-state index in [1.54, 1.807) is 24.3 Å². The molecule has 6 nitrogen and oxygen atoms in total. The molecule has 3 rings (SSSR count). The van der Waals surface area contributed by atoms with Crippen molar-refractivity contribution in [2.75, 3.05) is 26.3 Å². The van der Waals surface area contributed by atoms with Crippen LogP contribution in [-0.4, -0.2) is 51.0 Å². The molecule has 0 unspecified atom stereocenters. The van der Waals surface area contributed by atoms with Crippen molar-refractivity contribution in [3.63, 3.8) is 0 Å². The van der Waals surface area contributed by atoms with Gasteiger partial charge < -0.3 is 10.1 Å². The molecule has 25 heavy (non-hydrogen) atoms. The van der Waals surface area contributed by atoms with E-state index in [0.717, 1.165) is 5.56 Å². The molecule has 138 valence electrons. The van der Waals surface area contributed by atoms with E-state index in [4.69, 9.17) is 4.74 Å². The smallest absolute Gasteiger partial charge is 0.243 e. The lowest BCUT2D eigenvalue weighted by Gasteiger charge is -2.26. The Morgan fingerprint density at radius 2 is 1.88 bits per heavy atom. The number of hydrogen-bond acceptors (Lipinski definition) is 4. The van der Waals surface area contributed by atoms with Gasteiger partial charge in [-0.1, -0.05) is 12.1 Å². The second-order valence-corrected chi connectivity index (χ2v) is 8.79. The third-order valence-electron chi connectivity index (χ3n) is 4.89. The normalized spacial score (nSPS) is 20.2. The summed E-state index contributed by atoms with van der Waals surface area (Å²) in [5, 5.41) is 3.04. The Hall–Kier alpha value is -1.44. The first-order chi connectivity index (χ1) is 12.0. The molecule has 1 atom stereocenters. The second-order valence-electron chi connectivity index (χ2n) is 6.85. The van der Waals surface area contributed by atoms with Gasteiger partial charge in [0.05, 0.1) is 18.1 Å². The van der Waals surface area contributed by atoms with Gasteiger partial charge in [-0.2, -0.15) is 4.31 Å². The van der Waals surface area contributed by atoms with Gasteiger partial charge in [-0.05, 0) is 49.8 Å². The van der Waals surface area contributed by atoms with Gasteiger partial charge in [0.25, 0.3) is 0 Å². The molecule has 0 aromatic heterocycles. The number of nitrogens with zero attached hydrogens (tertiary/aromatic N) is 1. The summed E-state index contributed by atoms with van der Waals surface area (Å²) in [6.45, 7) is 3.71. The minimum Gasteiger partial charge on any atom is -0.379 e. The predicted octanol–water partition coefficient (Wildman–Crippen LogP) is 1.55. The van der Waals surface area contributed by atoms with Crippen LogP contribution in [0.5, 0.6) is 0 Å². The van der Waals surface area contributed by atoms with E-state index in [0.29, 0.717) is 50.0 Å². The van der Waals surface area contributed by atoms with Crippen molar-refractivity contribution in [3.8, 4) is 0 Å². The number of morpholine rings is 1. The van der Waals surface area contributed by atoms with E-state index in [-0.39, 0.29) is 11.9 Å². The van der Waals surface area contributed by atoms with E-state index >= 15 is 0 Å². The van der Waals surface area contributed by atoms with Crippen LogP contribution in [0.25, 0.3) is 0 Å². The summed E-state index contributed by atoms with van der Waals surface area (Å²) < 4.78 is 31.8. The summed E-state index contributed by atoms with van der Waals surface area (Å²) in [5.41, 5.74) is 0.968. The Morgan fingerprint density at radius 1 is 1.24 bits per heavy atom. The number of carbonyl (C=O) groups excluding carboxylic acids is 1. The maximum atomic E-state index is 12.6. The monoisotopic (exact) mass is 366 g/mol. The predicted molar refractivity (Wildman–Crippen MR) is 94.7 cm³/mol. The number of carbonyl (C=O) groups is 1. The minimum atomic E-state index is -3.45. The Bertz CT molecular complexity index is 692. The van der Waals surface area contributed by atoms with Crippen molar-refractivity contribution in [2.45, 2.75) is 43.5 Å². The quantitative estimate of drug-likeness (QED) is 0.794. The lowest BCUT2D eigenvalue weighted by atomic mass is 10.1. The highest BCUT2D eigenvalue weighted by Crippen LogP contribution is 2.32. The number of hydrogen-bond donors (Lipinski definition) is 1. The fraction of sp³-hybridized carbons (Fsp3) is 0.611. The molecular formula is C18H26N2O4S. The summed E-state index contributed by atoms with van der Waals surface area (Å²) in [7, 11) is -3.45. The van der Waals surface area contributed by atoms with Crippen molar-refractivity contribution in [2.24, 2.45) is 5.92 Å². The topological polar surface area (TPSA) is 75.7 Å². The van der Waals surface area contributed by atoms with Gasteiger partial charge in [0.1, 0.15) is 0 Å². The fourth-order valence-corrected chi connectivity index (χ4v) is 4.47. The summed E-state index contributed by atoms with van der Waals surface area (Å²) in [4.78, 5) is 12.3. The molecule has 1 saturated heterocycles. The number of nitrogens with one attached hydrogen (secondary N) is 1. The maximum absolute atomic E-state index is 12.6. The standard InChI is InChI=1S/C18H26N2O4S/c1-14(16-5-6-16)19-18(21)9-4-15-2-7-17(8-3-15)25(22,23)20-10-12-24-13-11-20/h2-3,7-8,14,16H,4-6,9-13H2,1H3,(H,19,21)/t14-/m0/s1. The molecule has 1 N–H and O–H groups in total. The highest BCUT2D eigenvalue weighted by atomic mass is 32.2. The molecule has 1 aromatic rings. The van der Waals surface area contributed by atoms with Crippen molar-refractivity contribution < 1.29 is 17.9 Å². The highest BCUT2D eigenvalue weighted by molar-refractivity contribution is 7.89. The summed E-state index contributed by atoms with van der Waals surface area (Å²) in [6.07, 6.45) is 3.45. The van der Waals surface area contributed by atoms with Crippen LogP contribution in [0.1, 0.15) is 31.7 Å². The van der Waals surface area contributed by atoms with Crippen LogP contribution in [0.3, 0.4) is 0 Å². The van der Waals surface area contributed by atoms with Crippen molar-refractivity contribution in [3.05, 3.63) is 29.8 Å². The molecule has 1 aliphatic heterocycles. The minimum absolute atomic E-state index is 0.0596. The molecule has 1 heterocycles. The van der Waals surface area contributed by atoms with E-state index in [1.165, 1.54) is 17.1 Å². The summed E-state index contributed by atoms with van der Waals surface area (Å²) >= 11 is 0. The first-order valence-electron chi connectivity index (χ1n) is 8.93. The average Bonchev–Trinajstić information content (AvgIpc) is 3.46. The van der Waals surface area contributed by atoms with Gasteiger partial charge in [-0.15, -0.1) is 0 Å². The van der Waals surface area contributed by atoms with E-state index in [2.05, 4.69) is 12.2 Å². The van der Waals surface area contributed by atoms with Crippen LogP contribution in [0.4, 0.5) is 0 Å². The summed E-state index contributed by atoms with van der Waals surface area (Å²) in [6, 6.07) is 7.11. The molecule has 2 fully saturated rings. The summed E-state index contributed by atoms with van der Waals surface area (Å²) in [5.74, 6) is 0.707. The van der Waals surface area contributed by atoms with Gasteiger partial charge in [0.15, 0.2) is 0 Å². The number of aryl methyl sites for hydroxylation is 1. The lowest BCUT2D eigenvalue weighted by molar-refractivity contribution is -0.121. The Labute approximate surface area is 149 Å². The first-order valence-corrected chi connectivity index (χ1v) is 10.4. The van der Waals surface area contributed by atoms with E-state index < -0.39 is 10.0 Å². The molecule has 7 heteroatoms. The van der Waals surface area contributed by atoms with Gasteiger partial charge >= 0.3 is 0 Å². The molecule has 0 spiro atoms. The molecule has 1 amide bonds. The Morgan fingerprint density at radius 3 is 2.48 bits per heavy atom. The molecule has 1 saturated carbocycles. The SMILES string of the molecule is C[C@H](NC(=O)CCc1ccc(S(=O)(=O)N2CCOCC2)cc1)C1CC1. The average molecular weight is 366 g/mol. The van der Waals surface area contributed by atoms with Crippen LogP contribution >= 0.6 is 0 Å².